The Hall–Kier alpha value is -6.84. The predicted molar refractivity (Wildman–Crippen MR) is 226 cm³/mol. The van der Waals surface area contributed by atoms with E-state index in [4.69, 9.17) is 4.42 Å². The third-order valence-corrected chi connectivity index (χ3v) is 12.1. The van der Waals surface area contributed by atoms with Crippen molar-refractivity contribution in [3.63, 3.8) is 0 Å². The number of nitrogens with zero attached hydrogens (tertiary/aromatic N) is 2. The molecule has 0 saturated heterocycles. The Morgan fingerprint density at radius 2 is 1.13 bits per heavy atom. The van der Waals surface area contributed by atoms with Crippen LogP contribution in [0.3, 0.4) is 0 Å². The monoisotopic (exact) mass is 690 g/mol. The summed E-state index contributed by atoms with van der Waals surface area (Å²) in [5.74, 6) is 0. The molecule has 0 N–H and O–H groups in total. The summed E-state index contributed by atoms with van der Waals surface area (Å²) in [6.45, 7) is 4.73. The minimum absolute atomic E-state index is 0.0958. The zero-order valence-electron chi connectivity index (χ0n) is 30.0. The average molecular weight is 691 g/mol. The van der Waals surface area contributed by atoms with Crippen LogP contribution in [0.2, 0.25) is 0 Å². The van der Waals surface area contributed by atoms with Crippen LogP contribution < -0.4 is 4.90 Å². The van der Waals surface area contributed by atoms with Crippen LogP contribution in [0.15, 0.2) is 174 Å². The van der Waals surface area contributed by atoms with E-state index in [1.54, 1.807) is 0 Å². The Kier molecular flexibility index (Phi) is 5.84. The fraction of sp³-hybridized carbons (Fsp3) is 0.0588. The first-order chi connectivity index (χ1) is 26.6. The van der Waals surface area contributed by atoms with Gasteiger partial charge in [0.15, 0.2) is 0 Å². The molecular weight excluding hydrogens is 657 g/mol. The maximum atomic E-state index is 6.31. The summed E-state index contributed by atoms with van der Waals surface area (Å²) in [7, 11) is 0. The summed E-state index contributed by atoms with van der Waals surface area (Å²) < 4.78 is 8.77. The Morgan fingerprint density at radius 1 is 0.481 bits per heavy atom. The predicted octanol–water partition coefficient (Wildman–Crippen LogP) is 14.2. The van der Waals surface area contributed by atoms with Crippen LogP contribution in [0.4, 0.5) is 17.1 Å². The Balaban J connectivity index is 1.11. The standard InChI is InChI=1S/C51H34N2O/c1-51(2)42-18-7-3-12-35(42)38-17-11-16-34(49(38)51)31-22-24-32(25-23-31)52(33-26-29-47-41(30-33)37-14-6-10-21-46(37)54-47)45-28-27-39-36-13-4-8-19-43(36)53-44-20-9-5-15-40(44)48(45)50(39)53/h3-30H,1-2H3. The number of benzene rings is 8. The second-order valence-electron chi connectivity index (χ2n) is 15.3. The van der Waals surface area contributed by atoms with Gasteiger partial charge in [-0.05, 0) is 88.0 Å². The Morgan fingerprint density at radius 3 is 1.98 bits per heavy atom. The van der Waals surface area contributed by atoms with Gasteiger partial charge in [0, 0.05) is 49.1 Å². The van der Waals surface area contributed by atoms with Crippen LogP contribution in [0.25, 0.3) is 82.3 Å². The maximum Gasteiger partial charge on any atom is 0.135 e. The van der Waals surface area contributed by atoms with Gasteiger partial charge in [0.05, 0.1) is 22.2 Å². The summed E-state index contributed by atoms with van der Waals surface area (Å²) >= 11 is 0. The summed E-state index contributed by atoms with van der Waals surface area (Å²) in [5.41, 5.74) is 16.7. The van der Waals surface area contributed by atoms with Gasteiger partial charge in [-0.2, -0.15) is 0 Å². The van der Waals surface area contributed by atoms with E-state index < -0.39 is 0 Å². The molecule has 3 heteroatoms. The van der Waals surface area contributed by atoms with Crippen molar-refractivity contribution in [2.45, 2.75) is 19.3 Å². The van der Waals surface area contributed by atoms with Gasteiger partial charge in [-0.15, -0.1) is 0 Å². The van der Waals surface area contributed by atoms with Gasteiger partial charge in [0.1, 0.15) is 11.2 Å². The Labute approximate surface area is 312 Å². The molecular formula is C51H34N2O. The second kappa shape index (κ2) is 10.6. The molecule has 0 unspecified atom stereocenters. The number of aromatic nitrogens is 1. The molecule has 0 radical (unpaired) electrons. The highest BCUT2D eigenvalue weighted by molar-refractivity contribution is 6.27. The summed E-state index contributed by atoms with van der Waals surface area (Å²) in [6.07, 6.45) is 0. The first-order valence-electron chi connectivity index (χ1n) is 18.8. The minimum atomic E-state index is -0.0958. The summed E-state index contributed by atoms with van der Waals surface area (Å²) in [5, 5.41) is 7.28. The van der Waals surface area contributed by atoms with Crippen LogP contribution in [-0.4, -0.2) is 4.40 Å². The lowest BCUT2D eigenvalue weighted by Gasteiger charge is -2.27. The van der Waals surface area contributed by atoms with E-state index in [0.29, 0.717) is 0 Å². The lowest BCUT2D eigenvalue weighted by Crippen LogP contribution is -2.16. The zero-order chi connectivity index (χ0) is 35.7. The number of rotatable bonds is 4. The molecule has 3 nitrogen and oxygen atoms in total. The van der Waals surface area contributed by atoms with Crippen LogP contribution in [0, 0.1) is 0 Å². The molecule has 12 rings (SSSR count). The smallest absolute Gasteiger partial charge is 0.135 e. The molecule has 54 heavy (non-hydrogen) atoms. The van der Waals surface area contributed by atoms with Crippen LogP contribution >= 0.6 is 0 Å². The molecule has 11 aromatic rings. The van der Waals surface area contributed by atoms with Gasteiger partial charge in [0.25, 0.3) is 0 Å². The Bertz CT molecular complexity index is 3310. The van der Waals surface area contributed by atoms with Gasteiger partial charge in [-0.3, -0.25) is 0 Å². The highest BCUT2D eigenvalue weighted by Gasteiger charge is 2.37. The van der Waals surface area contributed by atoms with Gasteiger partial charge in [-0.25, -0.2) is 0 Å². The van der Waals surface area contributed by atoms with Crippen molar-refractivity contribution in [1.82, 2.24) is 4.40 Å². The fourth-order valence-corrected chi connectivity index (χ4v) is 9.79. The molecule has 254 valence electrons. The topological polar surface area (TPSA) is 20.8 Å². The number of hydrogen-bond donors (Lipinski definition) is 0. The number of hydrogen-bond acceptors (Lipinski definition) is 2. The fourth-order valence-electron chi connectivity index (χ4n) is 9.79. The summed E-state index contributed by atoms with van der Waals surface area (Å²) in [6, 6.07) is 62.1. The minimum Gasteiger partial charge on any atom is -0.456 e. The number of anilines is 3. The lowest BCUT2D eigenvalue weighted by atomic mass is 9.79. The van der Waals surface area contributed by atoms with Crippen LogP contribution in [0.1, 0.15) is 25.0 Å². The van der Waals surface area contributed by atoms with E-state index in [9.17, 15) is 0 Å². The van der Waals surface area contributed by atoms with Crippen LogP contribution in [0.5, 0.6) is 0 Å². The van der Waals surface area contributed by atoms with Crippen molar-refractivity contribution in [2.24, 2.45) is 0 Å². The van der Waals surface area contributed by atoms with Gasteiger partial charge in [-0.1, -0.05) is 129 Å². The van der Waals surface area contributed by atoms with Gasteiger partial charge in [0.2, 0.25) is 0 Å². The van der Waals surface area contributed by atoms with Gasteiger partial charge >= 0.3 is 0 Å². The van der Waals surface area contributed by atoms with Crippen molar-refractivity contribution in [3.05, 3.63) is 181 Å². The molecule has 0 spiro atoms. The van der Waals surface area contributed by atoms with E-state index in [1.165, 1.54) is 71.5 Å². The zero-order valence-corrected chi connectivity index (χ0v) is 30.0. The van der Waals surface area contributed by atoms with Gasteiger partial charge < -0.3 is 13.7 Å². The molecule has 0 amide bonds. The third kappa shape index (κ3) is 3.85. The SMILES string of the molecule is CC1(C)c2ccccc2-c2cccc(-c3ccc(N(c4ccc5oc6ccccc6c5c4)c4ccc5c6ccccc6n6c7ccccc7c4c56)cc3)c21. The molecule has 1 aliphatic rings. The van der Waals surface area contributed by atoms with E-state index >= 15 is 0 Å². The highest BCUT2D eigenvalue weighted by Crippen LogP contribution is 2.53. The molecule has 0 saturated carbocycles. The third-order valence-electron chi connectivity index (χ3n) is 12.1. The van der Waals surface area contributed by atoms with Crippen molar-refractivity contribution in [3.8, 4) is 22.3 Å². The van der Waals surface area contributed by atoms with E-state index in [2.05, 4.69) is 187 Å². The van der Waals surface area contributed by atoms with Crippen LogP contribution in [-0.2, 0) is 5.41 Å². The normalized spacial score (nSPS) is 13.5. The maximum absolute atomic E-state index is 6.31. The number of fused-ring (bicyclic) bond motifs is 12. The lowest BCUT2D eigenvalue weighted by molar-refractivity contribution is 0.662. The molecule has 0 fully saturated rings. The summed E-state index contributed by atoms with van der Waals surface area (Å²) in [4.78, 5) is 2.44. The van der Waals surface area contributed by atoms with E-state index in [1.807, 2.05) is 6.07 Å². The first-order valence-corrected chi connectivity index (χ1v) is 18.8. The molecule has 1 aliphatic carbocycles. The largest absolute Gasteiger partial charge is 0.456 e. The second-order valence-corrected chi connectivity index (χ2v) is 15.3. The molecule has 3 heterocycles. The number of para-hydroxylation sites is 3. The molecule has 3 aromatic heterocycles. The van der Waals surface area contributed by atoms with E-state index in [0.717, 1.165) is 39.0 Å². The van der Waals surface area contributed by atoms with Crippen molar-refractivity contribution in [1.29, 1.82) is 0 Å². The van der Waals surface area contributed by atoms with Crippen molar-refractivity contribution < 1.29 is 4.42 Å². The first kappa shape index (κ1) is 29.7. The molecule has 0 atom stereocenters. The average Bonchev–Trinajstić information content (AvgIpc) is 3.93. The molecule has 0 aliphatic heterocycles. The molecule has 8 aromatic carbocycles. The number of furan rings is 1. The van der Waals surface area contributed by atoms with Crippen molar-refractivity contribution >= 4 is 77.1 Å². The highest BCUT2D eigenvalue weighted by atomic mass is 16.3. The molecule has 0 bridgehead atoms. The van der Waals surface area contributed by atoms with Crippen molar-refractivity contribution in [2.75, 3.05) is 4.90 Å². The quantitative estimate of drug-likeness (QED) is 0.183. The van der Waals surface area contributed by atoms with E-state index in [-0.39, 0.29) is 5.41 Å².